The van der Waals surface area contributed by atoms with Crippen LogP contribution in [0.1, 0.15) is 43.0 Å². The molecule has 0 saturated heterocycles. The smallest absolute Gasteiger partial charge is 0.258 e. The van der Waals surface area contributed by atoms with Crippen LogP contribution < -0.4 is 10.0 Å². The van der Waals surface area contributed by atoms with Gasteiger partial charge in [-0.2, -0.15) is 0 Å². The second kappa shape index (κ2) is 8.54. The van der Waals surface area contributed by atoms with Gasteiger partial charge in [0.15, 0.2) is 0 Å². The highest BCUT2D eigenvalue weighted by Crippen LogP contribution is 2.28. The van der Waals surface area contributed by atoms with E-state index in [1.54, 1.807) is 6.92 Å². The Morgan fingerprint density at radius 1 is 1.03 bits per heavy atom. The van der Waals surface area contributed by atoms with Gasteiger partial charge < -0.3 is 5.32 Å². The molecule has 0 heterocycles. The second-order valence-corrected chi connectivity index (χ2v) is 8.89. The van der Waals surface area contributed by atoms with Crippen molar-refractivity contribution in [1.29, 1.82) is 0 Å². The Kier molecular flexibility index (Phi) is 6.28. The maximum atomic E-state index is 14.2. The molecule has 1 amide bonds. The van der Waals surface area contributed by atoms with Crippen LogP contribution >= 0.6 is 0 Å². The van der Waals surface area contributed by atoms with Crippen molar-refractivity contribution in [1.82, 2.24) is 4.72 Å². The molecule has 0 radical (unpaired) electrons. The van der Waals surface area contributed by atoms with Gasteiger partial charge in [-0.05, 0) is 56.0 Å². The van der Waals surface area contributed by atoms with Crippen LogP contribution in [0.4, 0.5) is 18.9 Å². The molecule has 0 aromatic heterocycles. The van der Waals surface area contributed by atoms with E-state index in [4.69, 9.17) is 0 Å². The van der Waals surface area contributed by atoms with E-state index in [0.717, 1.165) is 56.0 Å². The maximum Gasteiger partial charge on any atom is 0.258 e. The summed E-state index contributed by atoms with van der Waals surface area (Å²) in [5.74, 6) is -3.65. The highest BCUT2D eigenvalue weighted by molar-refractivity contribution is 7.89. The van der Waals surface area contributed by atoms with E-state index >= 15 is 0 Å². The molecule has 0 bridgehead atoms. The zero-order chi connectivity index (χ0) is 21.2. The molecule has 3 rings (SSSR count). The van der Waals surface area contributed by atoms with Crippen LogP contribution in [-0.4, -0.2) is 20.4 Å². The molecule has 156 valence electrons. The first-order chi connectivity index (χ1) is 13.7. The van der Waals surface area contributed by atoms with Crippen LogP contribution in [0, 0.1) is 23.4 Å². The molecule has 2 aromatic carbocycles. The predicted molar refractivity (Wildman–Crippen MR) is 102 cm³/mol. The van der Waals surface area contributed by atoms with E-state index < -0.39 is 38.9 Å². The van der Waals surface area contributed by atoms with Crippen molar-refractivity contribution in [3.05, 3.63) is 59.4 Å². The highest BCUT2D eigenvalue weighted by atomic mass is 32.2. The Balaban J connectivity index is 1.82. The third kappa shape index (κ3) is 4.97. The fourth-order valence-electron chi connectivity index (χ4n) is 3.49. The summed E-state index contributed by atoms with van der Waals surface area (Å²) in [5, 5.41) is 2.12. The monoisotopic (exact) mass is 426 g/mol. The second-order valence-electron chi connectivity index (χ2n) is 7.17. The summed E-state index contributed by atoms with van der Waals surface area (Å²) in [6.07, 6.45) is 3.98. The minimum absolute atomic E-state index is 0.231. The minimum Gasteiger partial charge on any atom is -0.319 e. The zero-order valence-electron chi connectivity index (χ0n) is 15.7. The van der Waals surface area contributed by atoms with Crippen molar-refractivity contribution in [2.75, 3.05) is 5.32 Å². The van der Waals surface area contributed by atoms with Gasteiger partial charge in [0, 0.05) is 12.1 Å². The Morgan fingerprint density at radius 2 is 1.72 bits per heavy atom. The molecule has 1 aliphatic rings. The predicted octanol–water partition coefficient (Wildman–Crippen LogP) is 4.21. The van der Waals surface area contributed by atoms with E-state index in [1.165, 1.54) is 0 Å². The fraction of sp³-hybridized carbons (Fsp3) is 0.350. The largest absolute Gasteiger partial charge is 0.319 e. The quantitative estimate of drug-likeness (QED) is 0.727. The fourth-order valence-corrected chi connectivity index (χ4v) is 4.83. The zero-order valence-corrected chi connectivity index (χ0v) is 16.5. The van der Waals surface area contributed by atoms with Crippen molar-refractivity contribution >= 4 is 21.6 Å². The lowest BCUT2D eigenvalue weighted by molar-refractivity contribution is 0.102. The number of anilines is 1. The number of sulfonamides is 1. The van der Waals surface area contributed by atoms with Gasteiger partial charge in [0.1, 0.15) is 17.5 Å². The lowest BCUT2D eigenvalue weighted by Crippen LogP contribution is -2.37. The molecule has 1 aliphatic carbocycles. The van der Waals surface area contributed by atoms with Crippen LogP contribution in [0.5, 0.6) is 0 Å². The van der Waals surface area contributed by atoms with Gasteiger partial charge in [0.25, 0.3) is 5.91 Å². The van der Waals surface area contributed by atoms with Crippen LogP contribution in [0.3, 0.4) is 0 Å². The lowest BCUT2D eigenvalue weighted by atomic mass is 10.0. The normalized spacial score (nSPS) is 16.0. The molecular weight excluding hydrogens is 405 g/mol. The first-order valence-corrected chi connectivity index (χ1v) is 10.7. The standard InChI is InChI=1S/C20H21F3N2O3S/c1-12(13-4-2-3-5-13)25-29(27,28)15-7-8-17(22)16(11-15)20(26)24-19-9-6-14(21)10-18(19)23/h6-13,25H,2-5H2,1H3,(H,24,26)/t12-/m1/s1. The van der Waals surface area contributed by atoms with Gasteiger partial charge in [-0.3, -0.25) is 4.79 Å². The van der Waals surface area contributed by atoms with E-state index in [9.17, 15) is 26.4 Å². The van der Waals surface area contributed by atoms with Gasteiger partial charge in [0.2, 0.25) is 10.0 Å². The van der Waals surface area contributed by atoms with Crippen molar-refractivity contribution in [3.63, 3.8) is 0 Å². The molecule has 2 aromatic rings. The number of nitrogens with one attached hydrogen (secondary N) is 2. The van der Waals surface area contributed by atoms with Crippen LogP contribution in [0.15, 0.2) is 41.3 Å². The Hall–Kier alpha value is -2.39. The van der Waals surface area contributed by atoms with Gasteiger partial charge in [0.05, 0.1) is 16.1 Å². The Bertz CT molecular complexity index is 1020. The number of rotatable bonds is 6. The highest BCUT2D eigenvalue weighted by Gasteiger charge is 2.27. The Labute approximate surface area is 167 Å². The summed E-state index contributed by atoms with van der Waals surface area (Å²) in [6.45, 7) is 1.78. The molecule has 29 heavy (non-hydrogen) atoms. The maximum absolute atomic E-state index is 14.2. The first kappa shape index (κ1) is 21.3. The number of hydrogen-bond acceptors (Lipinski definition) is 3. The van der Waals surface area contributed by atoms with Crippen molar-refractivity contribution in [3.8, 4) is 0 Å². The van der Waals surface area contributed by atoms with Gasteiger partial charge >= 0.3 is 0 Å². The molecule has 5 nitrogen and oxygen atoms in total. The van der Waals surface area contributed by atoms with Crippen molar-refractivity contribution in [2.24, 2.45) is 5.92 Å². The molecule has 2 N–H and O–H groups in total. The number of carbonyl (C=O) groups is 1. The molecule has 1 atom stereocenters. The molecule has 0 unspecified atom stereocenters. The van der Waals surface area contributed by atoms with Gasteiger partial charge in [-0.15, -0.1) is 0 Å². The van der Waals surface area contributed by atoms with E-state index in [-0.39, 0.29) is 22.5 Å². The topological polar surface area (TPSA) is 75.3 Å². The molecule has 1 saturated carbocycles. The average molecular weight is 426 g/mol. The number of carbonyl (C=O) groups excluding carboxylic acids is 1. The minimum atomic E-state index is -3.98. The summed E-state index contributed by atoms with van der Waals surface area (Å²) in [6, 6.07) is 5.03. The molecule has 9 heteroatoms. The summed E-state index contributed by atoms with van der Waals surface area (Å²) in [4.78, 5) is 12.1. The molecule has 0 spiro atoms. The number of halogens is 3. The number of hydrogen-bond donors (Lipinski definition) is 2. The van der Waals surface area contributed by atoms with Crippen molar-refractivity contribution in [2.45, 2.75) is 43.5 Å². The van der Waals surface area contributed by atoms with E-state index in [1.807, 2.05) is 0 Å². The summed E-state index contributed by atoms with van der Waals surface area (Å²) < 4.78 is 68.8. The average Bonchev–Trinajstić information content (AvgIpc) is 3.18. The third-order valence-electron chi connectivity index (χ3n) is 5.12. The number of benzene rings is 2. The van der Waals surface area contributed by atoms with E-state index in [0.29, 0.717) is 6.07 Å². The summed E-state index contributed by atoms with van der Waals surface area (Å²) in [7, 11) is -3.98. The lowest BCUT2D eigenvalue weighted by Gasteiger charge is -2.20. The molecule has 0 aliphatic heterocycles. The number of amides is 1. The van der Waals surface area contributed by atoms with Gasteiger partial charge in [-0.25, -0.2) is 26.3 Å². The van der Waals surface area contributed by atoms with Crippen LogP contribution in [0.2, 0.25) is 0 Å². The first-order valence-electron chi connectivity index (χ1n) is 9.25. The van der Waals surface area contributed by atoms with Crippen LogP contribution in [-0.2, 0) is 10.0 Å². The molecular formula is C20H21F3N2O3S. The summed E-state index contributed by atoms with van der Waals surface area (Å²) >= 11 is 0. The SMILES string of the molecule is C[C@@H](NS(=O)(=O)c1ccc(F)c(C(=O)Nc2ccc(F)cc2F)c1)C1CCCC1. The molecule has 1 fully saturated rings. The summed E-state index contributed by atoms with van der Waals surface area (Å²) in [5.41, 5.74) is -0.915. The van der Waals surface area contributed by atoms with E-state index in [2.05, 4.69) is 10.0 Å². The third-order valence-corrected chi connectivity index (χ3v) is 6.68. The Morgan fingerprint density at radius 3 is 2.38 bits per heavy atom. The van der Waals surface area contributed by atoms with Gasteiger partial charge in [-0.1, -0.05) is 12.8 Å². The van der Waals surface area contributed by atoms with Crippen molar-refractivity contribution < 1.29 is 26.4 Å². The van der Waals surface area contributed by atoms with Crippen LogP contribution in [0.25, 0.3) is 0 Å².